The van der Waals surface area contributed by atoms with Crippen molar-refractivity contribution in [2.24, 2.45) is 0 Å². The van der Waals surface area contributed by atoms with Crippen LogP contribution in [0.3, 0.4) is 0 Å². The predicted octanol–water partition coefficient (Wildman–Crippen LogP) is 2.53. The maximum atomic E-state index is 9.45. The molecule has 0 saturated heterocycles. The fraction of sp³-hybridized carbons (Fsp3) is 0.647. The number of ether oxygens (including phenoxy) is 4. The van der Waals surface area contributed by atoms with E-state index >= 15 is 0 Å². The van der Waals surface area contributed by atoms with Gasteiger partial charge in [-0.25, -0.2) is 0 Å². The van der Waals surface area contributed by atoms with Crippen molar-refractivity contribution in [3.63, 3.8) is 0 Å². The molecule has 0 aromatic heterocycles. The van der Waals surface area contributed by atoms with Crippen LogP contribution in [0.2, 0.25) is 0 Å². The molecule has 0 fully saturated rings. The predicted molar refractivity (Wildman–Crippen MR) is 92.1 cm³/mol. The molecule has 0 aliphatic rings. The summed E-state index contributed by atoms with van der Waals surface area (Å²) in [6.07, 6.45) is -0.414. The molecule has 1 aromatic rings. The first-order valence-corrected chi connectivity index (χ1v) is 8.85. The second-order valence-corrected chi connectivity index (χ2v) is 6.09. The van der Waals surface area contributed by atoms with Gasteiger partial charge in [0.25, 0.3) is 0 Å². The van der Waals surface area contributed by atoms with Crippen molar-refractivity contribution in [3.8, 4) is 0 Å². The highest BCUT2D eigenvalue weighted by molar-refractivity contribution is 7.99. The summed E-state index contributed by atoms with van der Waals surface area (Å²) >= 11 is 1.74. The minimum atomic E-state index is -0.414. The summed E-state index contributed by atoms with van der Waals surface area (Å²) in [4.78, 5) is 1.18. The first-order valence-electron chi connectivity index (χ1n) is 7.87. The molecule has 132 valence electrons. The number of aliphatic hydroxyl groups excluding tert-OH is 1. The van der Waals surface area contributed by atoms with Gasteiger partial charge in [0.15, 0.2) is 0 Å². The van der Waals surface area contributed by atoms with Crippen LogP contribution in [0.25, 0.3) is 0 Å². The minimum absolute atomic E-state index is 0.414. The Morgan fingerprint density at radius 1 is 0.870 bits per heavy atom. The summed E-state index contributed by atoms with van der Waals surface area (Å²) in [5.41, 5.74) is 0.939. The average Bonchev–Trinajstić information content (AvgIpc) is 2.56. The van der Waals surface area contributed by atoms with Gasteiger partial charge in [0.2, 0.25) is 0 Å². The zero-order valence-corrected chi connectivity index (χ0v) is 14.8. The van der Waals surface area contributed by atoms with Gasteiger partial charge in [-0.15, -0.1) is 11.8 Å². The number of rotatable bonds is 14. The van der Waals surface area contributed by atoms with E-state index in [1.165, 1.54) is 4.90 Å². The molecule has 0 bridgehead atoms. The molecule has 0 amide bonds. The lowest BCUT2D eigenvalue weighted by Crippen LogP contribution is -2.11. The standard InChI is InChI=1S/C17H28O5S/c1-15(18)16-3-5-17(6-4-16)23-14-13-22-12-11-21-10-9-20-8-7-19-2/h3-6,15,18H,7-14H2,1-2H3. The van der Waals surface area contributed by atoms with Crippen LogP contribution in [-0.4, -0.2) is 64.2 Å². The van der Waals surface area contributed by atoms with Crippen LogP contribution in [0, 0.1) is 0 Å². The maximum Gasteiger partial charge on any atom is 0.0761 e. The average molecular weight is 344 g/mol. The molecule has 1 atom stereocenters. The molecule has 0 aliphatic carbocycles. The molecule has 0 aliphatic heterocycles. The van der Waals surface area contributed by atoms with Crippen LogP contribution in [0.5, 0.6) is 0 Å². The number of hydrogen-bond donors (Lipinski definition) is 1. The van der Waals surface area contributed by atoms with Crippen molar-refractivity contribution < 1.29 is 24.1 Å². The summed E-state index contributed by atoms with van der Waals surface area (Å²) in [6, 6.07) is 7.96. The second-order valence-electron chi connectivity index (χ2n) is 4.92. The largest absolute Gasteiger partial charge is 0.389 e. The van der Waals surface area contributed by atoms with Crippen LogP contribution in [0.4, 0.5) is 0 Å². The van der Waals surface area contributed by atoms with Gasteiger partial charge < -0.3 is 24.1 Å². The van der Waals surface area contributed by atoms with Gasteiger partial charge in [0, 0.05) is 17.8 Å². The van der Waals surface area contributed by atoms with E-state index in [2.05, 4.69) is 0 Å². The molecule has 1 unspecified atom stereocenters. The van der Waals surface area contributed by atoms with Crippen molar-refractivity contribution in [2.75, 3.05) is 59.1 Å². The normalized spacial score (nSPS) is 12.5. The van der Waals surface area contributed by atoms with Gasteiger partial charge >= 0.3 is 0 Å². The van der Waals surface area contributed by atoms with Crippen LogP contribution >= 0.6 is 11.8 Å². The molecule has 0 saturated carbocycles. The van der Waals surface area contributed by atoms with Crippen LogP contribution in [0.1, 0.15) is 18.6 Å². The molecule has 5 nitrogen and oxygen atoms in total. The summed E-state index contributed by atoms with van der Waals surface area (Å²) in [7, 11) is 1.65. The lowest BCUT2D eigenvalue weighted by Gasteiger charge is -2.07. The van der Waals surface area contributed by atoms with E-state index < -0.39 is 6.10 Å². The number of hydrogen-bond acceptors (Lipinski definition) is 6. The first-order chi connectivity index (χ1) is 11.2. The van der Waals surface area contributed by atoms with Gasteiger partial charge in [-0.3, -0.25) is 0 Å². The van der Waals surface area contributed by atoms with Crippen molar-refractivity contribution in [1.29, 1.82) is 0 Å². The Hall–Kier alpha value is -0.630. The highest BCUT2D eigenvalue weighted by atomic mass is 32.2. The summed E-state index contributed by atoms with van der Waals surface area (Å²) in [5.74, 6) is 0.897. The van der Waals surface area contributed by atoms with Crippen molar-refractivity contribution in [3.05, 3.63) is 29.8 Å². The number of aliphatic hydroxyl groups is 1. The Morgan fingerprint density at radius 3 is 1.91 bits per heavy atom. The SMILES string of the molecule is COCCOCCOCCOCCSc1ccc(C(C)O)cc1. The van der Waals surface area contributed by atoms with Gasteiger partial charge in [-0.2, -0.15) is 0 Å². The third-order valence-corrected chi connectivity index (χ3v) is 4.01. The highest BCUT2D eigenvalue weighted by Gasteiger charge is 2.00. The van der Waals surface area contributed by atoms with Gasteiger partial charge in [-0.1, -0.05) is 12.1 Å². The highest BCUT2D eigenvalue weighted by Crippen LogP contribution is 2.20. The molecular weight excluding hydrogens is 316 g/mol. The summed E-state index contributed by atoms with van der Waals surface area (Å²) in [6.45, 7) is 6.02. The number of methoxy groups -OCH3 is 1. The topological polar surface area (TPSA) is 57.2 Å². The smallest absolute Gasteiger partial charge is 0.0761 e. The fourth-order valence-corrected chi connectivity index (χ4v) is 2.51. The van der Waals surface area contributed by atoms with Crippen molar-refractivity contribution in [1.82, 2.24) is 0 Å². The maximum absolute atomic E-state index is 9.45. The quantitative estimate of drug-likeness (QED) is 0.413. The van der Waals surface area contributed by atoms with Crippen molar-refractivity contribution in [2.45, 2.75) is 17.9 Å². The molecule has 0 spiro atoms. The van der Waals surface area contributed by atoms with E-state index in [0.29, 0.717) is 46.2 Å². The Kier molecular flexibility index (Phi) is 12.2. The fourth-order valence-electron chi connectivity index (χ4n) is 1.75. The lowest BCUT2D eigenvalue weighted by molar-refractivity contribution is 0.00565. The van der Waals surface area contributed by atoms with E-state index in [1.807, 2.05) is 24.3 Å². The van der Waals surface area contributed by atoms with E-state index in [1.54, 1.807) is 25.8 Å². The van der Waals surface area contributed by atoms with Gasteiger partial charge in [0.05, 0.1) is 52.4 Å². The first kappa shape index (κ1) is 20.4. The van der Waals surface area contributed by atoms with Gasteiger partial charge in [-0.05, 0) is 24.6 Å². The monoisotopic (exact) mass is 344 g/mol. The molecule has 1 N–H and O–H groups in total. The van der Waals surface area contributed by atoms with E-state index in [4.69, 9.17) is 18.9 Å². The Bertz CT molecular complexity index is 383. The zero-order chi connectivity index (χ0) is 16.8. The number of benzene rings is 1. The lowest BCUT2D eigenvalue weighted by atomic mass is 10.1. The molecular formula is C17H28O5S. The van der Waals surface area contributed by atoms with E-state index in [0.717, 1.165) is 11.3 Å². The van der Waals surface area contributed by atoms with Crippen LogP contribution in [-0.2, 0) is 18.9 Å². The molecule has 0 heterocycles. The minimum Gasteiger partial charge on any atom is -0.389 e. The third kappa shape index (κ3) is 10.7. The third-order valence-electron chi connectivity index (χ3n) is 3.03. The van der Waals surface area contributed by atoms with E-state index in [9.17, 15) is 5.11 Å². The summed E-state index contributed by atoms with van der Waals surface area (Å²) < 4.78 is 21.1. The molecule has 6 heteroatoms. The van der Waals surface area contributed by atoms with Crippen molar-refractivity contribution >= 4 is 11.8 Å². The van der Waals surface area contributed by atoms with Crippen LogP contribution < -0.4 is 0 Å². The summed E-state index contributed by atoms with van der Waals surface area (Å²) in [5, 5.41) is 9.45. The van der Waals surface area contributed by atoms with Gasteiger partial charge in [0.1, 0.15) is 0 Å². The zero-order valence-electron chi connectivity index (χ0n) is 14.0. The molecule has 1 rings (SSSR count). The van der Waals surface area contributed by atoms with E-state index in [-0.39, 0.29) is 0 Å². The number of thioether (sulfide) groups is 1. The molecule has 1 aromatic carbocycles. The Labute approximate surface area is 143 Å². The molecule has 0 radical (unpaired) electrons. The Balaban J connectivity index is 1.89. The Morgan fingerprint density at radius 2 is 1.39 bits per heavy atom. The van der Waals surface area contributed by atoms with Crippen LogP contribution in [0.15, 0.2) is 29.2 Å². The second kappa shape index (κ2) is 13.8. The molecule has 23 heavy (non-hydrogen) atoms.